The van der Waals surface area contributed by atoms with Crippen molar-refractivity contribution in [3.63, 3.8) is 0 Å². The first-order valence-corrected chi connectivity index (χ1v) is 21.0. The van der Waals surface area contributed by atoms with Gasteiger partial charge in [-0.05, 0) is 89.4 Å². The quantitative estimate of drug-likeness (QED) is 0.0382. The molecule has 1 heterocycles. The molecule has 5 nitrogen and oxygen atoms in total. The van der Waals surface area contributed by atoms with Crippen LogP contribution in [0.1, 0.15) is 132 Å². The molecule has 0 saturated heterocycles. The number of rotatable bonds is 21. The molecule has 4 aromatic rings. The molecular weight excluding hydrogens is 679 g/mol. The van der Waals surface area contributed by atoms with Gasteiger partial charge < -0.3 is 16.4 Å². The Labute approximate surface area is 328 Å². The number of allylic oxidation sites excluding steroid dienone is 2. The van der Waals surface area contributed by atoms with Crippen LogP contribution in [0.3, 0.4) is 0 Å². The van der Waals surface area contributed by atoms with Crippen molar-refractivity contribution in [2.24, 2.45) is 0 Å². The minimum Gasteiger partial charge on any atom is -0.399 e. The van der Waals surface area contributed by atoms with Crippen molar-refractivity contribution in [1.82, 2.24) is 0 Å². The van der Waals surface area contributed by atoms with E-state index in [9.17, 15) is 10.5 Å². The van der Waals surface area contributed by atoms with Crippen LogP contribution in [-0.2, 0) is 0 Å². The number of benzene rings is 4. The van der Waals surface area contributed by atoms with E-state index in [0.717, 1.165) is 45.0 Å². The van der Waals surface area contributed by atoms with Gasteiger partial charge >= 0.3 is 0 Å². The first-order chi connectivity index (χ1) is 26.5. The normalized spacial score (nSPS) is 12.5. The van der Waals surface area contributed by atoms with Gasteiger partial charge in [0.05, 0.1) is 34.7 Å². The van der Waals surface area contributed by atoms with Gasteiger partial charge in [-0.3, -0.25) is 0 Å². The molecule has 280 valence electrons. The third-order valence-electron chi connectivity index (χ3n) is 10.3. The molecule has 4 N–H and O–H groups in total. The van der Waals surface area contributed by atoms with Crippen molar-refractivity contribution >= 4 is 57.8 Å². The first-order valence-electron chi connectivity index (χ1n) is 20.2. The van der Waals surface area contributed by atoms with Crippen molar-refractivity contribution in [2.75, 3.05) is 22.9 Å². The zero-order chi connectivity index (χ0) is 38.0. The molecule has 0 atom stereocenters. The van der Waals surface area contributed by atoms with Crippen molar-refractivity contribution < 1.29 is 0 Å². The van der Waals surface area contributed by atoms with E-state index in [4.69, 9.17) is 11.5 Å². The summed E-state index contributed by atoms with van der Waals surface area (Å²) < 4.78 is 0. The van der Waals surface area contributed by atoms with Gasteiger partial charge in [-0.1, -0.05) is 151 Å². The largest absolute Gasteiger partial charge is 0.399 e. The van der Waals surface area contributed by atoms with E-state index in [-0.39, 0.29) is 0 Å². The Kier molecular flexibility index (Phi) is 16.2. The Morgan fingerprint density at radius 2 is 0.907 bits per heavy atom. The predicted octanol–water partition coefficient (Wildman–Crippen LogP) is 13.8. The number of nitrogens with zero attached hydrogens (tertiary/aromatic N) is 3. The maximum Gasteiger partial charge on any atom is 0.0998 e. The lowest BCUT2D eigenvalue weighted by atomic mass is 10.0. The van der Waals surface area contributed by atoms with E-state index in [1.807, 2.05) is 60.7 Å². The standard InChI is InChI=1S/C48H57N5S/c1-2-3-4-5-6-7-8-9-10-11-12-13-14-15-16-17-30-53-45-28-18-37(31-41(35-49)39-20-24-43(51)25-21-39)33-47(45)54-48-34-38(19-29-46(48)53)32-42(36-50)40-22-26-44(52)27-23-40/h18-29,31-34H,2-17,30,51-52H2,1H3/b41-31-,42-32+. The summed E-state index contributed by atoms with van der Waals surface area (Å²) in [5, 5.41) is 20.0. The molecule has 0 fully saturated rings. The second-order valence-electron chi connectivity index (χ2n) is 14.6. The smallest absolute Gasteiger partial charge is 0.0998 e. The average molecular weight is 736 g/mol. The summed E-state index contributed by atoms with van der Waals surface area (Å²) in [6.45, 7) is 3.22. The van der Waals surface area contributed by atoms with Crippen LogP contribution in [-0.4, -0.2) is 6.54 Å². The van der Waals surface area contributed by atoms with Crippen LogP contribution in [0.4, 0.5) is 22.7 Å². The van der Waals surface area contributed by atoms with Crippen molar-refractivity contribution in [3.8, 4) is 12.1 Å². The van der Waals surface area contributed by atoms with Gasteiger partial charge in [0.15, 0.2) is 0 Å². The summed E-state index contributed by atoms with van der Waals surface area (Å²) in [7, 11) is 0. The fourth-order valence-electron chi connectivity index (χ4n) is 7.18. The van der Waals surface area contributed by atoms with Crippen LogP contribution < -0.4 is 16.4 Å². The zero-order valence-electron chi connectivity index (χ0n) is 32.2. The molecule has 1 aliphatic rings. The third kappa shape index (κ3) is 12.1. The monoisotopic (exact) mass is 735 g/mol. The fourth-order valence-corrected chi connectivity index (χ4v) is 8.37. The number of unbranched alkanes of at least 4 members (excludes halogenated alkanes) is 15. The molecule has 6 heteroatoms. The number of nitrogen functional groups attached to an aromatic ring is 2. The lowest BCUT2D eigenvalue weighted by molar-refractivity contribution is 0.530. The lowest BCUT2D eigenvalue weighted by Gasteiger charge is -2.33. The predicted molar refractivity (Wildman–Crippen MR) is 232 cm³/mol. The SMILES string of the molecule is CCCCCCCCCCCCCCCCCCN1c2ccc(/C=C(\C#N)c3ccc(N)cc3)cc2Sc2cc(/C=C(/C#N)c3ccc(N)cc3)ccc21. The highest BCUT2D eigenvalue weighted by Gasteiger charge is 2.24. The molecule has 1 aliphatic heterocycles. The van der Waals surface area contributed by atoms with Gasteiger partial charge in [-0.15, -0.1) is 0 Å². The van der Waals surface area contributed by atoms with Crippen LogP contribution >= 0.6 is 11.8 Å². The average Bonchev–Trinajstić information content (AvgIpc) is 3.19. The number of nitriles is 2. The molecule has 0 saturated carbocycles. The van der Waals surface area contributed by atoms with Crippen molar-refractivity contribution in [1.29, 1.82) is 10.5 Å². The van der Waals surface area contributed by atoms with Gasteiger partial charge in [0, 0.05) is 27.7 Å². The van der Waals surface area contributed by atoms with Gasteiger partial charge in [0.25, 0.3) is 0 Å². The summed E-state index contributed by atoms with van der Waals surface area (Å²) in [6, 6.07) is 32.6. The number of anilines is 4. The molecule has 0 unspecified atom stereocenters. The summed E-state index contributed by atoms with van der Waals surface area (Å²) >= 11 is 1.75. The molecule has 0 aromatic heterocycles. The molecule has 54 heavy (non-hydrogen) atoms. The van der Waals surface area contributed by atoms with E-state index >= 15 is 0 Å². The first kappa shape index (κ1) is 40.3. The Hall–Kier alpha value is -4.91. The molecule has 0 amide bonds. The Morgan fingerprint density at radius 1 is 0.537 bits per heavy atom. The minimum atomic E-state index is 0.598. The Balaban J connectivity index is 1.23. The molecule has 5 rings (SSSR count). The van der Waals surface area contributed by atoms with Crippen LogP contribution in [0.5, 0.6) is 0 Å². The Morgan fingerprint density at radius 3 is 1.28 bits per heavy atom. The van der Waals surface area contributed by atoms with E-state index in [1.54, 1.807) is 11.8 Å². The molecule has 0 aliphatic carbocycles. The Bertz CT molecular complexity index is 1810. The topological polar surface area (TPSA) is 103 Å². The van der Waals surface area contributed by atoms with Crippen LogP contribution in [0.2, 0.25) is 0 Å². The lowest BCUT2D eigenvalue weighted by Crippen LogP contribution is -2.22. The van der Waals surface area contributed by atoms with Crippen LogP contribution in [0.25, 0.3) is 23.3 Å². The van der Waals surface area contributed by atoms with Gasteiger partial charge in [0.1, 0.15) is 0 Å². The van der Waals surface area contributed by atoms with E-state index in [2.05, 4.69) is 60.4 Å². The summed E-state index contributed by atoms with van der Waals surface area (Å²) in [4.78, 5) is 4.77. The van der Waals surface area contributed by atoms with E-state index in [1.165, 1.54) is 108 Å². The summed E-state index contributed by atoms with van der Waals surface area (Å²) in [5.41, 5.74) is 20.4. The van der Waals surface area contributed by atoms with Gasteiger partial charge in [-0.25, -0.2) is 0 Å². The zero-order valence-corrected chi connectivity index (χ0v) is 33.0. The van der Waals surface area contributed by atoms with E-state index < -0.39 is 0 Å². The van der Waals surface area contributed by atoms with Crippen LogP contribution in [0, 0.1) is 22.7 Å². The summed E-state index contributed by atoms with van der Waals surface area (Å²) in [6.07, 6.45) is 25.6. The molecule has 4 aromatic carbocycles. The van der Waals surface area contributed by atoms with Crippen molar-refractivity contribution in [2.45, 2.75) is 119 Å². The highest BCUT2D eigenvalue weighted by atomic mass is 32.2. The second kappa shape index (κ2) is 21.7. The molecule has 0 spiro atoms. The molecule has 0 bridgehead atoms. The highest BCUT2D eigenvalue weighted by Crippen LogP contribution is 2.49. The number of fused-ring (bicyclic) bond motifs is 2. The summed E-state index contributed by atoms with van der Waals surface area (Å²) in [5.74, 6) is 0. The molecular formula is C48H57N5S. The second-order valence-corrected chi connectivity index (χ2v) is 15.7. The van der Waals surface area contributed by atoms with Crippen molar-refractivity contribution in [3.05, 3.63) is 107 Å². The van der Waals surface area contributed by atoms with Gasteiger partial charge in [-0.2, -0.15) is 10.5 Å². The maximum absolute atomic E-state index is 10.0. The maximum atomic E-state index is 10.0. The molecule has 0 radical (unpaired) electrons. The number of hydrogen-bond donors (Lipinski definition) is 2. The van der Waals surface area contributed by atoms with E-state index in [0.29, 0.717) is 22.5 Å². The third-order valence-corrected chi connectivity index (χ3v) is 11.4. The number of nitrogens with two attached hydrogens (primary N) is 2. The van der Waals surface area contributed by atoms with Gasteiger partial charge in [0.2, 0.25) is 0 Å². The fraction of sp³-hybridized carbons (Fsp3) is 0.375. The highest BCUT2D eigenvalue weighted by molar-refractivity contribution is 7.99. The number of hydrogen-bond acceptors (Lipinski definition) is 6. The minimum absolute atomic E-state index is 0.598. The van der Waals surface area contributed by atoms with Crippen LogP contribution in [0.15, 0.2) is 94.7 Å².